The summed E-state index contributed by atoms with van der Waals surface area (Å²) in [6.07, 6.45) is 5.27. The molecule has 1 rings (SSSR count). The molecule has 1 amide bonds. The van der Waals surface area contributed by atoms with Gasteiger partial charge in [-0.1, -0.05) is 6.42 Å². The lowest BCUT2D eigenvalue weighted by Gasteiger charge is -2.06. The van der Waals surface area contributed by atoms with Gasteiger partial charge in [-0.3, -0.25) is 4.79 Å². The standard InChI is InChI=1S/C14H22N2O3S/c1-9-11(10(2)16-12(9)14(18)19)13(17)15-7-5-4-6-8-20-3/h16H,4-8H2,1-3H3,(H,15,17)(H,18,19). The minimum atomic E-state index is -1.04. The third-order valence-corrected chi connectivity index (χ3v) is 3.89. The Kier molecular flexibility index (Phi) is 6.64. The largest absolute Gasteiger partial charge is 0.477 e. The van der Waals surface area contributed by atoms with E-state index in [9.17, 15) is 9.59 Å². The number of amides is 1. The minimum absolute atomic E-state index is 0.0904. The molecule has 0 aliphatic heterocycles. The molecule has 112 valence electrons. The number of aromatic nitrogens is 1. The maximum Gasteiger partial charge on any atom is 0.352 e. The van der Waals surface area contributed by atoms with Crippen molar-refractivity contribution in [1.29, 1.82) is 0 Å². The molecule has 0 aliphatic carbocycles. The van der Waals surface area contributed by atoms with Gasteiger partial charge in [0.25, 0.3) is 5.91 Å². The van der Waals surface area contributed by atoms with E-state index in [2.05, 4.69) is 16.6 Å². The van der Waals surface area contributed by atoms with E-state index in [0.717, 1.165) is 25.0 Å². The Bertz CT molecular complexity index is 483. The van der Waals surface area contributed by atoms with Gasteiger partial charge in [0.1, 0.15) is 5.69 Å². The molecule has 0 aromatic carbocycles. The fourth-order valence-corrected chi connectivity index (χ4v) is 2.64. The van der Waals surface area contributed by atoms with Gasteiger partial charge in [-0.2, -0.15) is 11.8 Å². The zero-order valence-corrected chi connectivity index (χ0v) is 13.0. The van der Waals surface area contributed by atoms with Crippen molar-refractivity contribution >= 4 is 23.6 Å². The van der Waals surface area contributed by atoms with Gasteiger partial charge in [0.2, 0.25) is 0 Å². The normalized spacial score (nSPS) is 10.6. The van der Waals surface area contributed by atoms with E-state index in [-0.39, 0.29) is 11.6 Å². The van der Waals surface area contributed by atoms with Crippen LogP contribution in [0.4, 0.5) is 0 Å². The number of aryl methyl sites for hydroxylation is 1. The first-order chi connectivity index (χ1) is 9.49. The first-order valence-corrected chi connectivity index (χ1v) is 8.08. The Labute approximate surface area is 123 Å². The SMILES string of the molecule is CSCCCCCNC(=O)c1c(C)[nH]c(C(=O)O)c1C. The van der Waals surface area contributed by atoms with Crippen LogP contribution in [0, 0.1) is 13.8 Å². The van der Waals surface area contributed by atoms with Crippen molar-refractivity contribution in [1.82, 2.24) is 10.3 Å². The second kappa shape index (κ2) is 7.99. The average molecular weight is 298 g/mol. The van der Waals surface area contributed by atoms with Crippen molar-refractivity contribution < 1.29 is 14.7 Å². The number of aromatic carboxylic acids is 1. The number of thioether (sulfide) groups is 1. The first kappa shape index (κ1) is 16.6. The van der Waals surface area contributed by atoms with Crippen molar-refractivity contribution in [3.8, 4) is 0 Å². The van der Waals surface area contributed by atoms with Gasteiger partial charge >= 0.3 is 5.97 Å². The van der Waals surface area contributed by atoms with Gasteiger partial charge in [-0.15, -0.1) is 0 Å². The number of rotatable bonds is 8. The van der Waals surface area contributed by atoms with Crippen molar-refractivity contribution in [3.63, 3.8) is 0 Å². The topological polar surface area (TPSA) is 82.2 Å². The monoisotopic (exact) mass is 298 g/mol. The third-order valence-electron chi connectivity index (χ3n) is 3.19. The molecule has 20 heavy (non-hydrogen) atoms. The van der Waals surface area contributed by atoms with Gasteiger partial charge in [-0.25, -0.2) is 4.79 Å². The average Bonchev–Trinajstić information content (AvgIpc) is 2.69. The molecule has 0 unspecified atom stereocenters. The summed E-state index contributed by atoms with van der Waals surface area (Å²) in [6.45, 7) is 3.99. The van der Waals surface area contributed by atoms with Crippen LogP contribution < -0.4 is 5.32 Å². The number of unbranched alkanes of at least 4 members (excludes halogenated alkanes) is 2. The highest BCUT2D eigenvalue weighted by molar-refractivity contribution is 7.98. The number of H-pyrrole nitrogens is 1. The summed E-state index contributed by atoms with van der Waals surface area (Å²) in [6, 6.07) is 0. The summed E-state index contributed by atoms with van der Waals surface area (Å²) >= 11 is 1.83. The molecule has 1 aromatic heterocycles. The van der Waals surface area contributed by atoms with Gasteiger partial charge in [0.05, 0.1) is 5.56 Å². The highest BCUT2D eigenvalue weighted by atomic mass is 32.2. The highest BCUT2D eigenvalue weighted by Gasteiger charge is 2.20. The molecular formula is C14H22N2O3S. The van der Waals surface area contributed by atoms with Gasteiger partial charge in [0.15, 0.2) is 0 Å². The number of nitrogens with one attached hydrogen (secondary N) is 2. The number of carboxylic acid groups (broad SMARTS) is 1. The lowest BCUT2D eigenvalue weighted by Crippen LogP contribution is -2.25. The molecule has 0 radical (unpaired) electrons. The van der Waals surface area contributed by atoms with Crippen molar-refractivity contribution in [2.45, 2.75) is 33.1 Å². The number of hydrogen-bond acceptors (Lipinski definition) is 3. The number of carbonyl (C=O) groups is 2. The molecule has 1 aromatic rings. The summed E-state index contributed by atoms with van der Waals surface area (Å²) in [5, 5.41) is 11.9. The molecule has 0 saturated carbocycles. The van der Waals surface area contributed by atoms with E-state index in [0.29, 0.717) is 23.4 Å². The minimum Gasteiger partial charge on any atom is -0.477 e. The highest BCUT2D eigenvalue weighted by Crippen LogP contribution is 2.17. The van der Waals surface area contributed by atoms with Gasteiger partial charge in [-0.05, 0) is 44.3 Å². The van der Waals surface area contributed by atoms with Crippen LogP contribution in [0.15, 0.2) is 0 Å². The van der Waals surface area contributed by atoms with Crippen LogP contribution in [0.2, 0.25) is 0 Å². The Hall–Kier alpha value is -1.43. The molecular weight excluding hydrogens is 276 g/mol. The molecule has 3 N–H and O–H groups in total. The van der Waals surface area contributed by atoms with Crippen LogP contribution in [0.25, 0.3) is 0 Å². The predicted octanol–water partition coefficient (Wildman–Crippen LogP) is 2.59. The van der Waals surface area contributed by atoms with Crippen molar-refractivity contribution in [2.75, 3.05) is 18.6 Å². The number of hydrogen-bond donors (Lipinski definition) is 3. The molecule has 0 fully saturated rings. The molecule has 5 nitrogen and oxygen atoms in total. The smallest absolute Gasteiger partial charge is 0.352 e. The fraction of sp³-hybridized carbons (Fsp3) is 0.571. The zero-order valence-electron chi connectivity index (χ0n) is 12.2. The Balaban J connectivity index is 2.54. The molecule has 0 bridgehead atoms. The Morgan fingerprint density at radius 3 is 2.50 bits per heavy atom. The summed E-state index contributed by atoms with van der Waals surface area (Å²) in [7, 11) is 0. The van der Waals surface area contributed by atoms with Crippen LogP contribution in [0.5, 0.6) is 0 Å². The summed E-state index contributed by atoms with van der Waals surface area (Å²) in [5.41, 5.74) is 1.63. The zero-order chi connectivity index (χ0) is 15.1. The van der Waals surface area contributed by atoms with E-state index in [1.165, 1.54) is 0 Å². The lowest BCUT2D eigenvalue weighted by atomic mass is 10.1. The van der Waals surface area contributed by atoms with E-state index in [1.54, 1.807) is 13.8 Å². The summed E-state index contributed by atoms with van der Waals surface area (Å²) < 4.78 is 0. The van der Waals surface area contributed by atoms with Crippen LogP contribution >= 0.6 is 11.8 Å². The van der Waals surface area contributed by atoms with Crippen molar-refractivity contribution in [2.24, 2.45) is 0 Å². The Morgan fingerprint density at radius 2 is 1.95 bits per heavy atom. The molecule has 0 spiro atoms. The molecule has 0 saturated heterocycles. The summed E-state index contributed by atoms with van der Waals surface area (Å²) in [5.74, 6) is -0.0956. The second-order valence-electron chi connectivity index (χ2n) is 4.74. The lowest BCUT2D eigenvalue weighted by molar-refractivity contribution is 0.0690. The molecule has 0 atom stereocenters. The van der Waals surface area contributed by atoms with Crippen LogP contribution in [-0.2, 0) is 0 Å². The van der Waals surface area contributed by atoms with E-state index in [1.807, 2.05) is 11.8 Å². The van der Waals surface area contributed by atoms with Gasteiger partial charge in [0, 0.05) is 12.2 Å². The quantitative estimate of drug-likeness (QED) is 0.644. The maximum absolute atomic E-state index is 12.1. The number of carboxylic acids is 1. The predicted molar refractivity (Wildman–Crippen MR) is 81.8 cm³/mol. The van der Waals surface area contributed by atoms with Crippen LogP contribution in [0.1, 0.15) is 51.4 Å². The molecule has 1 heterocycles. The first-order valence-electron chi connectivity index (χ1n) is 6.68. The van der Waals surface area contributed by atoms with Crippen molar-refractivity contribution in [3.05, 3.63) is 22.5 Å². The second-order valence-corrected chi connectivity index (χ2v) is 5.73. The maximum atomic E-state index is 12.1. The molecule has 0 aliphatic rings. The van der Waals surface area contributed by atoms with Crippen LogP contribution in [0.3, 0.4) is 0 Å². The molecule has 6 heteroatoms. The van der Waals surface area contributed by atoms with Gasteiger partial charge < -0.3 is 15.4 Å². The number of aromatic amines is 1. The van der Waals surface area contributed by atoms with Crippen LogP contribution in [-0.4, -0.2) is 40.5 Å². The van der Waals surface area contributed by atoms with E-state index in [4.69, 9.17) is 5.11 Å². The third kappa shape index (κ3) is 4.30. The Morgan fingerprint density at radius 1 is 1.25 bits per heavy atom. The van der Waals surface area contributed by atoms with E-state index >= 15 is 0 Å². The fourth-order valence-electron chi connectivity index (χ4n) is 2.14. The summed E-state index contributed by atoms with van der Waals surface area (Å²) in [4.78, 5) is 25.8. The van der Waals surface area contributed by atoms with E-state index < -0.39 is 5.97 Å². The number of carbonyl (C=O) groups excluding carboxylic acids is 1.